The van der Waals surface area contributed by atoms with Crippen LogP contribution in [0.5, 0.6) is 0 Å². The van der Waals surface area contributed by atoms with Crippen molar-refractivity contribution in [1.82, 2.24) is 0 Å². The van der Waals surface area contributed by atoms with Gasteiger partial charge in [0.1, 0.15) is 0 Å². The van der Waals surface area contributed by atoms with Crippen molar-refractivity contribution in [2.75, 3.05) is 18.1 Å². The first-order chi connectivity index (χ1) is 12.3. The summed E-state index contributed by atoms with van der Waals surface area (Å²) in [7, 11) is -1.70. The lowest BCUT2D eigenvalue weighted by Crippen LogP contribution is -2.44. The van der Waals surface area contributed by atoms with Crippen molar-refractivity contribution in [3.63, 3.8) is 0 Å². The van der Waals surface area contributed by atoms with E-state index in [1.165, 1.54) is 16.8 Å². The molecular formula is C23H33NOSi. The zero-order valence-corrected chi connectivity index (χ0v) is 18.0. The molecular weight excluding hydrogens is 334 g/mol. The van der Waals surface area contributed by atoms with E-state index in [0.29, 0.717) is 5.92 Å². The molecule has 1 unspecified atom stereocenters. The Morgan fingerprint density at radius 2 is 1.65 bits per heavy atom. The largest absolute Gasteiger partial charge is 0.416 e. The van der Waals surface area contributed by atoms with Crippen LogP contribution in [0.2, 0.25) is 18.1 Å². The third-order valence-electron chi connectivity index (χ3n) is 6.02. The highest BCUT2D eigenvalue weighted by atomic mass is 28.4. The molecule has 0 radical (unpaired) electrons. The van der Waals surface area contributed by atoms with Gasteiger partial charge in [-0.15, -0.1) is 0 Å². The van der Waals surface area contributed by atoms with Gasteiger partial charge in [-0.2, -0.15) is 0 Å². The van der Waals surface area contributed by atoms with Crippen molar-refractivity contribution in [3.05, 3.63) is 65.7 Å². The Labute approximate surface area is 160 Å². The molecule has 2 aromatic rings. The molecule has 0 fully saturated rings. The Morgan fingerprint density at radius 3 is 2.35 bits per heavy atom. The number of hydrogen-bond donors (Lipinski definition) is 0. The van der Waals surface area contributed by atoms with Crippen molar-refractivity contribution in [2.45, 2.75) is 51.9 Å². The molecule has 26 heavy (non-hydrogen) atoms. The first kappa shape index (κ1) is 19.2. The number of rotatable bonds is 5. The predicted molar refractivity (Wildman–Crippen MR) is 114 cm³/mol. The fourth-order valence-corrected chi connectivity index (χ4v) is 4.47. The van der Waals surface area contributed by atoms with Gasteiger partial charge in [-0.25, -0.2) is 0 Å². The average molecular weight is 368 g/mol. The smallest absolute Gasteiger partial charge is 0.191 e. The van der Waals surface area contributed by atoms with E-state index in [9.17, 15) is 0 Å². The Kier molecular flexibility index (Phi) is 5.59. The minimum absolute atomic E-state index is 0.267. The fourth-order valence-electron chi connectivity index (χ4n) is 3.39. The van der Waals surface area contributed by atoms with Crippen molar-refractivity contribution in [3.8, 4) is 0 Å². The lowest BCUT2D eigenvalue weighted by Gasteiger charge is -2.40. The Bertz CT molecular complexity index is 720. The van der Waals surface area contributed by atoms with Gasteiger partial charge in [0.05, 0.1) is 0 Å². The van der Waals surface area contributed by atoms with E-state index in [1.807, 2.05) is 0 Å². The third-order valence-corrected chi connectivity index (χ3v) is 10.5. The van der Waals surface area contributed by atoms with Crippen molar-refractivity contribution < 1.29 is 4.43 Å². The Hall–Kier alpha value is -1.58. The summed E-state index contributed by atoms with van der Waals surface area (Å²) in [5.41, 5.74) is 4.21. The summed E-state index contributed by atoms with van der Waals surface area (Å²) in [5, 5.41) is 0.267. The number of para-hydroxylation sites is 1. The standard InChI is InChI=1S/C23H33NOSi/c1-23(2,3)26(4,5)25-18-20-15-21-13-9-10-14-22(21)24(17-20)16-19-11-7-6-8-12-19/h6-14,20H,15-18H2,1-5H3. The van der Waals surface area contributed by atoms with E-state index in [4.69, 9.17) is 4.43 Å². The van der Waals surface area contributed by atoms with Gasteiger partial charge in [0.25, 0.3) is 0 Å². The molecule has 2 aromatic carbocycles. The maximum atomic E-state index is 6.56. The van der Waals surface area contributed by atoms with Crippen LogP contribution >= 0.6 is 0 Å². The molecule has 1 atom stereocenters. The van der Waals surface area contributed by atoms with Crippen LogP contribution in [0.15, 0.2) is 54.6 Å². The molecule has 140 valence electrons. The first-order valence-corrected chi connectivity index (χ1v) is 12.7. The molecule has 1 aliphatic rings. The Morgan fingerprint density at radius 1 is 1.00 bits per heavy atom. The molecule has 0 bridgehead atoms. The zero-order chi connectivity index (χ0) is 18.8. The highest BCUT2D eigenvalue weighted by molar-refractivity contribution is 6.74. The molecule has 0 saturated carbocycles. The summed E-state index contributed by atoms with van der Waals surface area (Å²) in [6, 6.07) is 19.7. The zero-order valence-electron chi connectivity index (χ0n) is 17.0. The molecule has 0 aliphatic carbocycles. The van der Waals surface area contributed by atoms with Crippen LogP contribution in [0.1, 0.15) is 31.9 Å². The number of hydrogen-bond acceptors (Lipinski definition) is 2. The van der Waals surface area contributed by atoms with Crippen LogP contribution in [0.4, 0.5) is 5.69 Å². The summed E-state index contributed by atoms with van der Waals surface area (Å²) < 4.78 is 6.56. The van der Waals surface area contributed by atoms with E-state index >= 15 is 0 Å². The molecule has 0 aromatic heterocycles. The normalized spacial score (nSPS) is 17.9. The van der Waals surface area contributed by atoms with E-state index in [1.54, 1.807) is 0 Å². The highest BCUT2D eigenvalue weighted by Gasteiger charge is 2.38. The van der Waals surface area contributed by atoms with Crippen molar-refractivity contribution in [2.24, 2.45) is 5.92 Å². The molecule has 1 heterocycles. The molecule has 0 saturated heterocycles. The van der Waals surface area contributed by atoms with Gasteiger partial charge >= 0.3 is 0 Å². The van der Waals surface area contributed by atoms with Crippen molar-refractivity contribution >= 4 is 14.0 Å². The number of anilines is 1. The van der Waals surface area contributed by atoms with Gasteiger partial charge in [-0.05, 0) is 41.7 Å². The molecule has 2 nitrogen and oxygen atoms in total. The second kappa shape index (κ2) is 7.57. The minimum atomic E-state index is -1.70. The van der Waals surface area contributed by atoms with Crippen LogP contribution in [0.3, 0.4) is 0 Å². The SMILES string of the molecule is CC(C)(C)[Si](C)(C)OCC1Cc2ccccc2N(Cc2ccccc2)C1. The fraction of sp³-hybridized carbons (Fsp3) is 0.478. The third kappa shape index (κ3) is 4.39. The average Bonchev–Trinajstić information content (AvgIpc) is 2.60. The van der Waals surface area contributed by atoms with Gasteiger partial charge in [0, 0.05) is 31.3 Å². The maximum absolute atomic E-state index is 6.56. The predicted octanol–water partition coefficient (Wildman–Crippen LogP) is 5.89. The quantitative estimate of drug-likeness (QED) is 0.611. The van der Waals surface area contributed by atoms with Gasteiger partial charge in [-0.3, -0.25) is 0 Å². The summed E-state index contributed by atoms with van der Waals surface area (Å²) in [4.78, 5) is 2.54. The van der Waals surface area contributed by atoms with Crippen LogP contribution in [-0.4, -0.2) is 21.5 Å². The van der Waals surface area contributed by atoms with E-state index in [0.717, 1.165) is 26.1 Å². The van der Waals surface area contributed by atoms with Gasteiger partial charge in [-0.1, -0.05) is 69.3 Å². The second-order valence-corrected chi connectivity index (χ2v) is 13.9. The van der Waals surface area contributed by atoms with Crippen molar-refractivity contribution in [1.29, 1.82) is 0 Å². The van der Waals surface area contributed by atoms with E-state index in [-0.39, 0.29) is 5.04 Å². The van der Waals surface area contributed by atoms with Gasteiger partial charge in [0.2, 0.25) is 0 Å². The summed E-state index contributed by atoms with van der Waals surface area (Å²) in [6.07, 6.45) is 1.12. The van der Waals surface area contributed by atoms with E-state index < -0.39 is 8.32 Å². The minimum Gasteiger partial charge on any atom is -0.416 e. The molecule has 0 spiro atoms. The number of benzene rings is 2. The topological polar surface area (TPSA) is 12.5 Å². The second-order valence-electron chi connectivity index (χ2n) is 9.14. The molecule has 0 N–H and O–H groups in total. The molecule has 3 heteroatoms. The van der Waals surface area contributed by atoms with Gasteiger partial charge < -0.3 is 9.33 Å². The highest BCUT2D eigenvalue weighted by Crippen LogP contribution is 2.38. The summed E-state index contributed by atoms with van der Waals surface area (Å²) in [6.45, 7) is 14.6. The van der Waals surface area contributed by atoms with Gasteiger partial charge in [0.15, 0.2) is 8.32 Å². The monoisotopic (exact) mass is 367 g/mol. The summed E-state index contributed by atoms with van der Waals surface area (Å²) >= 11 is 0. The van der Waals surface area contributed by atoms with E-state index in [2.05, 4.69) is 93.4 Å². The van der Waals surface area contributed by atoms with Crippen LogP contribution in [-0.2, 0) is 17.4 Å². The van der Waals surface area contributed by atoms with Crippen LogP contribution in [0, 0.1) is 5.92 Å². The molecule has 0 amide bonds. The van der Waals surface area contributed by atoms with Crippen LogP contribution < -0.4 is 4.90 Å². The molecule has 3 rings (SSSR count). The number of fused-ring (bicyclic) bond motifs is 1. The Balaban J connectivity index is 1.74. The lowest BCUT2D eigenvalue weighted by atomic mass is 9.92. The lowest BCUT2D eigenvalue weighted by molar-refractivity contribution is 0.225. The first-order valence-electron chi connectivity index (χ1n) is 9.77. The number of nitrogens with zero attached hydrogens (tertiary/aromatic N) is 1. The summed E-state index contributed by atoms with van der Waals surface area (Å²) in [5.74, 6) is 0.558. The maximum Gasteiger partial charge on any atom is 0.191 e. The van der Waals surface area contributed by atoms with Crippen LogP contribution in [0.25, 0.3) is 0 Å². The molecule has 1 aliphatic heterocycles.